The van der Waals surface area contributed by atoms with E-state index in [9.17, 15) is 9.18 Å². The summed E-state index contributed by atoms with van der Waals surface area (Å²) in [5.41, 5.74) is 1.10. The molecule has 0 N–H and O–H groups in total. The summed E-state index contributed by atoms with van der Waals surface area (Å²) in [4.78, 5) is 16.4. The minimum Gasteiger partial charge on any atom is -0.464 e. The Balaban J connectivity index is 2.41. The van der Waals surface area contributed by atoms with E-state index in [1.54, 1.807) is 19.1 Å². The molecule has 0 spiro atoms. The van der Waals surface area contributed by atoms with Crippen molar-refractivity contribution >= 4 is 17.3 Å². The van der Waals surface area contributed by atoms with Gasteiger partial charge in [-0.05, 0) is 31.2 Å². The minimum atomic E-state index is -0.452. The first-order chi connectivity index (χ1) is 8.11. The van der Waals surface area contributed by atoms with Gasteiger partial charge in [0.2, 0.25) is 0 Å². The second kappa shape index (κ2) is 4.63. The molecule has 0 aliphatic heterocycles. The molecule has 0 atom stereocenters. The van der Waals surface area contributed by atoms with Crippen LogP contribution in [0.4, 0.5) is 4.39 Å². The summed E-state index contributed by atoms with van der Waals surface area (Å²) in [6.45, 7) is 1.80. The number of ether oxygens (including phenoxy) is 1. The Bertz CT molecular complexity index is 548. The fourth-order valence-corrected chi connectivity index (χ4v) is 2.30. The van der Waals surface area contributed by atoms with Crippen LogP contribution in [0.25, 0.3) is 10.6 Å². The highest BCUT2D eigenvalue weighted by Gasteiger charge is 2.16. The first kappa shape index (κ1) is 11.7. The molecule has 3 nitrogen and oxygen atoms in total. The number of carbonyl (C=O) groups is 1. The number of halogens is 1. The fraction of sp³-hybridized carbons (Fsp3) is 0.167. The quantitative estimate of drug-likeness (QED) is 0.770. The minimum absolute atomic E-state index is 0.296. The summed E-state index contributed by atoms with van der Waals surface area (Å²) in [6, 6.07) is 6.00. The van der Waals surface area contributed by atoms with Gasteiger partial charge in [0.1, 0.15) is 10.8 Å². The van der Waals surface area contributed by atoms with E-state index in [0.29, 0.717) is 10.7 Å². The van der Waals surface area contributed by atoms with Gasteiger partial charge < -0.3 is 4.74 Å². The molecule has 1 aromatic carbocycles. The van der Waals surface area contributed by atoms with E-state index < -0.39 is 5.97 Å². The SMILES string of the molecule is COC(=O)c1nc(-c2ccc(F)cc2)sc1C. The van der Waals surface area contributed by atoms with Crippen LogP contribution in [0.1, 0.15) is 15.4 Å². The lowest BCUT2D eigenvalue weighted by Gasteiger charge is -1.95. The molecule has 5 heteroatoms. The average molecular weight is 251 g/mol. The largest absolute Gasteiger partial charge is 0.464 e. The molecule has 2 rings (SSSR count). The molecule has 88 valence electrons. The molecule has 0 aliphatic rings. The zero-order valence-corrected chi connectivity index (χ0v) is 10.2. The van der Waals surface area contributed by atoms with Crippen molar-refractivity contribution in [2.75, 3.05) is 7.11 Å². The number of esters is 1. The maximum Gasteiger partial charge on any atom is 0.357 e. The summed E-state index contributed by atoms with van der Waals surface area (Å²) in [7, 11) is 1.32. The molecule has 0 saturated heterocycles. The van der Waals surface area contributed by atoms with Gasteiger partial charge in [0, 0.05) is 10.4 Å². The average Bonchev–Trinajstić information content (AvgIpc) is 2.71. The Morgan fingerprint density at radius 3 is 2.59 bits per heavy atom. The van der Waals surface area contributed by atoms with Gasteiger partial charge in [-0.15, -0.1) is 11.3 Å². The Morgan fingerprint density at radius 2 is 2.00 bits per heavy atom. The molecule has 0 saturated carbocycles. The third-order valence-electron chi connectivity index (χ3n) is 2.27. The number of aryl methyl sites for hydroxylation is 1. The maximum absolute atomic E-state index is 12.8. The van der Waals surface area contributed by atoms with E-state index in [4.69, 9.17) is 0 Å². The molecule has 0 bridgehead atoms. The molecule has 0 radical (unpaired) electrons. The summed E-state index contributed by atoms with van der Waals surface area (Å²) in [5.74, 6) is -0.748. The van der Waals surface area contributed by atoms with Gasteiger partial charge in [-0.1, -0.05) is 0 Å². The number of hydrogen-bond donors (Lipinski definition) is 0. The number of rotatable bonds is 2. The van der Waals surface area contributed by atoms with Crippen LogP contribution in [-0.4, -0.2) is 18.1 Å². The van der Waals surface area contributed by atoms with Crippen LogP contribution in [0.15, 0.2) is 24.3 Å². The van der Waals surface area contributed by atoms with Crippen molar-refractivity contribution in [3.05, 3.63) is 40.7 Å². The topological polar surface area (TPSA) is 39.2 Å². The standard InChI is InChI=1S/C12H10FNO2S/c1-7-10(12(15)16-2)14-11(17-7)8-3-5-9(13)6-4-8/h3-6H,1-2H3. The van der Waals surface area contributed by atoms with Crippen LogP contribution in [0.5, 0.6) is 0 Å². The molecule has 0 aliphatic carbocycles. The molecule has 1 heterocycles. The third-order valence-corrected chi connectivity index (χ3v) is 3.29. The molecule has 1 aromatic heterocycles. The smallest absolute Gasteiger partial charge is 0.357 e. The van der Waals surface area contributed by atoms with Crippen LogP contribution < -0.4 is 0 Å². The number of thiazole rings is 1. The van der Waals surface area contributed by atoms with Gasteiger partial charge in [0.05, 0.1) is 7.11 Å². The summed E-state index contributed by atoms with van der Waals surface area (Å²) >= 11 is 1.38. The summed E-state index contributed by atoms with van der Waals surface area (Å²) in [5, 5.41) is 0.683. The summed E-state index contributed by atoms with van der Waals surface area (Å²) in [6.07, 6.45) is 0. The summed E-state index contributed by atoms with van der Waals surface area (Å²) < 4.78 is 17.4. The van der Waals surface area contributed by atoms with Gasteiger partial charge in [-0.25, -0.2) is 14.2 Å². The number of carbonyl (C=O) groups excluding carboxylic acids is 1. The predicted octanol–water partition coefficient (Wildman–Crippen LogP) is 3.04. The number of benzene rings is 1. The van der Waals surface area contributed by atoms with Gasteiger partial charge in [-0.2, -0.15) is 0 Å². The van der Waals surface area contributed by atoms with E-state index in [-0.39, 0.29) is 5.82 Å². The molecule has 2 aromatic rings. The van der Waals surface area contributed by atoms with Crippen molar-refractivity contribution in [2.24, 2.45) is 0 Å². The highest BCUT2D eigenvalue weighted by Crippen LogP contribution is 2.27. The second-order valence-corrected chi connectivity index (χ2v) is 4.63. The zero-order valence-electron chi connectivity index (χ0n) is 9.36. The fourth-order valence-electron chi connectivity index (χ4n) is 1.40. The first-order valence-electron chi connectivity index (χ1n) is 4.93. The highest BCUT2D eigenvalue weighted by atomic mass is 32.1. The van der Waals surface area contributed by atoms with Gasteiger partial charge >= 0.3 is 5.97 Å². The normalized spacial score (nSPS) is 10.3. The second-order valence-electron chi connectivity index (χ2n) is 3.42. The van der Waals surface area contributed by atoms with Crippen LogP contribution in [-0.2, 0) is 4.74 Å². The van der Waals surface area contributed by atoms with Gasteiger partial charge in [-0.3, -0.25) is 0 Å². The first-order valence-corrected chi connectivity index (χ1v) is 5.75. The van der Waals surface area contributed by atoms with E-state index in [0.717, 1.165) is 10.4 Å². The van der Waals surface area contributed by atoms with Crippen LogP contribution >= 0.6 is 11.3 Å². The molecular weight excluding hydrogens is 241 g/mol. The van der Waals surface area contributed by atoms with E-state index in [1.807, 2.05) is 0 Å². The number of nitrogens with zero attached hydrogens (tertiary/aromatic N) is 1. The molecule has 0 unspecified atom stereocenters. The van der Waals surface area contributed by atoms with E-state index in [2.05, 4.69) is 9.72 Å². The Hall–Kier alpha value is -1.75. The highest BCUT2D eigenvalue weighted by molar-refractivity contribution is 7.15. The van der Waals surface area contributed by atoms with Crippen molar-refractivity contribution in [1.82, 2.24) is 4.98 Å². The number of hydrogen-bond acceptors (Lipinski definition) is 4. The monoisotopic (exact) mass is 251 g/mol. The van der Waals surface area contributed by atoms with Crippen LogP contribution in [0, 0.1) is 12.7 Å². The maximum atomic E-state index is 12.8. The van der Waals surface area contributed by atoms with E-state index >= 15 is 0 Å². The molecule has 0 amide bonds. The number of aromatic nitrogens is 1. The number of methoxy groups -OCH3 is 1. The Morgan fingerprint density at radius 1 is 1.35 bits per heavy atom. The van der Waals surface area contributed by atoms with Crippen molar-refractivity contribution in [2.45, 2.75) is 6.92 Å². The van der Waals surface area contributed by atoms with E-state index in [1.165, 1.54) is 30.6 Å². The van der Waals surface area contributed by atoms with Crippen molar-refractivity contribution in [1.29, 1.82) is 0 Å². The van der Waals surface area contributed by atoms with Crippen LogP contribution in [0.2, 0.25) is 0 Å². The molecule has 17 heavy (non-hydrogen) atoms. The van der Waals surface area contributed by atoms with Crippen molar-refractivity contribution in [3.63, 3.8) is 0 Å². The van der Waals surface area contributed by atoms with Crippen molar-refractivity contribution in [3.8, 4) is 10.6 Å². The van der Waals surface area contributed by atoms with Gasteiger partial charge in [0.15, 0.2) is 5.69 Å². The van der Waals surface area contributed by atoms with Gasteiger partial charge in [0.25, 0.3) is 0 Å². The lowest BCUT2D eigenvalue weighted by molar-refractivity contribution is 0.0594. The Labute approximate surface area is 102 Å². The molecule has 0 fully saturated rings. The van der Waals surface area contributed by atoms with Crippen molar-refractivity contribution < 1.29 is 13.9 Å². The lowest BCUT2D eigenvalue weighted by atomic mass is 10.2. The molecular formula is C12H10FNO2S. The lowest BCUT2D eigenvalue weighted by Crippen LogP contribution is -2.03. The zero-order chi connectivity index (χ0) is 12.4. The van der Waals surface area contributed by atoms with Crippen LogP contribution in [0.3, 0.4) is 0 Å². The predicted molar refractivity (Wildman–Crippen MR) is 63.6 cm³/mol. The third kappa shape index (κ3) is 2.34. The Kier molecular flexibility index (Phi) is 3.19.